The van der Waals surface area contributed by atoms with Crippen LogP contribution in [0.2, 0.25) is 0 Å². The SMILES string of the molecule is CC(C)(C)[P@]1c2ccccc2O[C@@H]1[C@H]1Oc2ccccc2[P@@]1C(C)(C)C. The van der Waals surface area contributed by atoms with Crippen LogP contribution in [0.1, 0.15) is 41.5 Å². The van der Waals surface area contributed by atoms with E-state index < -0.39 is 15.8 Å². The molecule has 0 N–H and O–H groups in total. The zero-order valence-corrected chi connectivity index (χ0v) is 18.3. The molecule has 2 heterocycles. The molecule has 0 amide bonds. The van der Waals surface area contributed by atoms with Crippen molar-refractivity contribution in [2.24, 2.45) is 0 Å². The first-order chi connectivity index (χ1) is 12.2. The Kier molecular flexibility index (Phi) is 4.37. The second-order valence-corrected chi connectivity index (χ2v) is 15.2. The molecule has 0 saturated heterocycles. The van der Waals surface area contributed by atoms with Gasteiger partial charge in [0.2, 0.25) is 0 Å². The number of para-hydroxylation sites is 2. The normalized spacial score (nSPS) is 27.5. The second-order valence-electron chi connectivity index (χ2n) is 9.03. The summed E-state index contributed by atoms with van der Waals surface area (Å²) in [6.07, 6.45) is 0. The molecule has 2 aliphatic heterocycles. The van der Waals surface area contributed by atoms with Gasteiger partial charge in [0.15, 0.2) is 11.7 Å². The summed E-state index contributed by atoms with van der Waals surface area (Å²) in [4.78, 5) is 0. The molecule has 4 rings (SSSR count). The van der Waals surface area contributed by atoms with E-state index >= 15 is 0 Å². The zero-order chi connectivity index (χ0) is 18.7. The summed E-state index contributed by atoms with van der Waals surface area (Å²) >= 11 is 0. The summed E-state index contributed by atoms with van der Waals surface area (Å²) in [6, 6.07) is 17.2. The molecule has 0 fully saturated rings. The molecule has 2 aromatic rings. The molecule has 0 radical (unpaired) electrons. The molecule has 0 aromatic heterocycles. The third-order valence-corrected chi connectivity index (χ3v) is 11.6. The first kappa shape index (κ1) is 18.3. The highest BCUT2D eigenvalue weighted by Crippen LogP contribution is 2.67. The second kappa shape index (κ2) is 6.22. The minimum Gasteiger partial charge on any atom is -0.481 e. The number of benzene rings is 2. The Hall–Kier alpha value is -1.10. The summed E-state index contributed by atoms with van der Waals surface area (Å²) in [5.41, 5.74) is 0. The Labute approximate surface area is 159 Å². The van der Waals surface area contributed by atoms with Gasteiger partial charge in [0, 0.05) is 10.6 Å². The largest absolute Gasteiger partial charge is 0.481 e. The maximum Gasteiger partial charge on any atom is 0.162 e. The predicted molar refractivity (Wildman–Crippen MR) is 114 cm³/mol. The molecule has 0 spiro atoms. The van der Waals surface area contributed by atoms with Gasteiger partial charge in [0.1, 0.15) is 11.5 Å². The molecule has 4 heteroatoms. The lowest BCUT2D eigenvalue weighted by Gasteiger charge is -2.39. The Morgan fingerprint density at radius 2 is 0.962 bits per heavy atom. The van der Waals surface area contributed by atoms with E-state index in [1.165, 1.54) is 10.6 Å². The van der Waals surface area contributed by atoms with Crippen molar-refractivity contribution in [2.75, 3.05) is 0 Å². The fourth-order valence-corrected chi connectivity index (χ4v) is 10.6. The number of ether oxygens (including phenoxy) is 2. The molecule has 0 saturated carbocycles. The Morgan fingerprint density at radius 1 is 0.615 bits per heavy atom. The van der Waals surface area contributed by atoms with Gasteiger partial charge in [-0.2, -0.15) is 0 Å². The quantitative estimate of drug-likeness (QED) is 0.591. The number of hydrogen-bond acceptors (Lipinski definition) is 2. The number of hydrogen-bond donors (Lipinski definition) is 0. The Bertz CT molecular complexity index is 750. The van der Waals surface area contributed by atoms with Gasteiger partial charge in [0.05, 0.1) is 0 Å². The van der Waals surface area contributed by atoms with Crippen LogP contribution in [0.4, 0.5) is 0 Å². The van der Waals surface area contributed by atoms with Crippen molar-refractivity contribution in [3.05, 3.63) is 48.5 Å². The average Bonchev–Trinajstić information content (AvgIpc) is 3.12. The van der Waals surface area contributed by atoms with Crippen molar-refractivity contribution in [2.45, 2.75) is 63.5 Å². The van der Waals surface area contributed by atoms with Crippen molar-refractivity contribution in [1.29, 1.82) is 0 Å². The molecule has 26 heavy (non-hydrogen) atoms. The first-order valence-corrected chi connectivity index (χ1v) is 12.1. The minimum absolute atomic E-state index is 0.111. The molecular weight excluding hydrogens is 358 g/mol. The van der Waals surface area contributed by atoms with Gasteiger partial charge >= 0.3 is 0 Å². The van der Waals surface area contributed by atoms with E-state index in [2.05, 4.69) is 90.1 Å². The Balaban J connectivity index is 1.80. The average molecular weight is 386 g/mol. The summed E-state index contributed by atoms with van der Waals surface area (Å²) in [6.45, 7) is 14.1. The molecule has 0 aliphatic carbocycles. The Morgan fingerprint density at radius 3 is 1.31 bits per heavy atom. The lowest BCUT2D eigenvalue weighted by Crippen LogP contribution is -2.37. The van der Waals surface area contributed by atoms with Gasteiger partial charge in [-0.1, -0.05) is 77.9 Å². The van der Waals surface area contributed by atoms with Crippen LogP contribution in [0.5, 0.6) is 11.5 Å². The summed E-state index contributed by atoms with van der Waals surface area (Å²) < 4.78 is 13.2. The summed E-state index contributed by atoms with van der Waals surface area (Å²) in [5, 5.41) is 3.12. The fraction of sp³-hybridized carbons (Fsp3) is 0.455. The maximum atomic E-state index is 6.61. The molecule has 0 bridgehead atoms. The monoisotopic (exact) mass is 386 g/mol. The molecule has 2 nitrogen and oxygen atoms in total. The van der Waals surface area contributed by atoms with E-state index in [0.717, 1.165) is 11.5 Å². The topological polar surface area (TPSA) is 18.5 Å². The van der Waals surface area contributed by atoms with E-state index in [4.69, 9.17) is 9.47 Å². The van der Waals surface area contributed by atoms with Crippen LogP contribution in [0.3, 0.4) is 0 Å². The van der Waals surface area contributed by atoms with Gasteiger partial charge in [-0.3, -0.25) is 0 Å². The standard InChI is InChI=1S/C22H28O2P2/c1-21(2,3)25-17-13-9-7-11-15(17)23-19(25)20-24-16-12-8-10-14-18(16)26(20)22(4,5)6/h7-14,19-20H,1-6H3/t19-,20-,25+,26+/m0/s1. The lowest BCUT2D eigenvalue weighted by molar-refractivity contribution is 0.171. The van der Waals surface area contributed by atoms with Crippen LogP contribution in [0.15, 0.2) is 48.5 Å². The minimum atomic E-state index is -0.484. The van der Waals surface area contributed by atoms with Crippen molar-refractivity contribution in [1.82, 2.24) is 0 Å². The molecule has 138 valence electrons. The van der Waals surface area contributed by atoms with Crippen LogP contribution < -0.4 is 20.1 Å². The van der Waals surface area contributed by atoms with Gasteiger partial charge in [-0.15, -0.1) is 0 Å². The predicted octanol–water partition coefficient (Wildman–Crippen LogP) is 5.64. The zero-order valence-electron chi connectivity index (χ0n) is 16.5. The fourth-order valence-electron chi connectivity index (χ4n) is 4.01. The summed E-state index contributed by atoms with van der Waals surface area (Å²) in [5.74, 6) is 2.34. The highest BCUT2D eigenvalue weighted by molar-refractivity contribution is 7.72. The maximum absolute atomic E-state index is 6.61. The van der Waals surface area contributed by atoms with Gasteiger partial charge < -0.3 is 9.47 Å². The first-order valence-electron chi connectivity index (χ1n) is 9.28. The smallest absolute Gasteiger partial charge is 0.162 e. The van der Waals surface area contributed by atoms with E-state index in [9.17, 15) is 0 Å². The van der Waals surface area contributed by atoms with Crippen LogP contribution in [-0.2, 0) is 0 Å². The highest BCUT2D eigenvalue weighted by atomic mass is 31.1. The third kappa shape index (κ3) is 2.96. The van der Waals surface area contributed by atoms with Crippen molar-refractivity contribution >= 4 is 26.5 Å². The van der Waals surface area contributed by atoms with Crippen LogP contribution >= 0.6 is 15.8 Å². The summed E-state index contributed by atoms with van der Waals surface area (Å²) in [7, 11) is -0.968. The molecule has 0 unspecified atom stereocenters. The van der Waals surface area contributed by atoms with E-state index in [-0.39, 0.29) is 22.0 Å². The van der Waals surface area contributed by atoms with Crippen LogP contribution in [0.25, 0.3) is 0 Å². The van der Waals surface area contributed by atoms with Gasteiger partial charge in [0.25, 0.3) is 0 Å². The van der Waals surface area contributed by atoms with Crippen molar-refractivity contribution < 1.29 is 9.47 Å². The van der Waals surface area contributed by atoms with Gasteiger partial charge in [-0.05, 0) is 38.3 Å². The molecular formula is C22H28O2P2. The molecule has 2 aromatic carbocycles. The van der Waals surface area contributed by atoms with Crippen molar-refractivity contribution in [3.8, 4) is 11.5 Å². The number of rotatable bonds is 1. The van der Waals surface area contributed by atoms with Crippen LogP contribution in [-0.4, -0.2) is 22.0 Å². The highest BCUT2D eigenvalue weighted by Gasteiger charge is 2.53. The number of fused-ring (bicyclic) bond motifs is 2. The van der Waals surface area contributed by atoms with Crippen LogP contribution in [0, 0.1) is 0 Å². The molecule has 4 atom stereocenters. The van der Waals surface area contributed by atoms with Gasteiger partial charge in [-0.25, -0.2) is 0 Å². The van der Waals surface area contributed by atoms with Crippen molar-refractivity contribution in [3.63, 3.8) is 0 Å². The van der Waals surface area contributed by atoms with E-state index in [1.54, 1.807) is 0 Å². The van der Waals surface area contributed by atoms with E-state index in [1.807, 2.05) is 0 Å². The lowest BCUT2D eigenvalue weighted by atomic mass is 10.3. The third-order valence-electron chi connectivity index (χ3n) is 4.94. The van der Waals surface area contributed by atoms with E-state index in [0.29, 0.717) is 0 Å². The molecule has 2 aliphatic rings.